The number of ether oxygens (including phenoxy) is 1. The van der Waals surface area contributed by atoms with Gasteiger partial charge in [-0.1, -0.05) is 13.8 Å². The van der Waals surface area contributed by atoms with Crippen molar-refractivity contribution in [2.24, 2.45) is 29.4 Å². The van der Waals surface area contributed by atoms with Crippen molar-refractivity contribution >= 4 is 30.7 Å². The Morgan fingerprint density at radius 3 is 2.38 bits per heavy atom. The number of nitrogens with two attached hydrogens (primary N) is 1. The van der Waals surface area contributed by atoms with E-state index in [1.165, 1.54) is 12.8 Å². The van der Waals surface area contributed by atoms with Gasteiger partial charge < -0.3 is 15.8 Å². The topological polar surface area (TPSA) is 67.6 Å². The molecule has 2 saturated carbocycles. The summed E-state index contributed by atoms with van der Waals surface area (Å²) in [4.78, 5) is 15.1. The molecule has 7 heteroatoms. The molecular weight excluding hydrogens is 349 g/mol. The maximum absolute atomic E-state index is 12.6. The first-order chi connectivity index (χ1) is 10.6. The first-order valence-electron chi connectivity index (χ1n) is 8.93. The zero-order chi connectivity index (χ0) is 15.7. The van der Waals surface area contributed by atoms with Crippen molar-refractivity contribution < 1.29 is 9.53 Å². The van der Waals surface area contributed by atoms with Gasteiger partial charge in [0.05, 0.1) is 19.1 Å². The maximum atomic E-state index is 12.6. The molecule has 1 amide bonds. The summed E-state index contributed by atoms with van der Waals surface area (Å²) in [7, 11) is 0. The van der Waals surface area contributed by atoms with E-state index in [4.69, 9.17) is 10.5 Å². The van der Waals surface area contributed by atoms with Gasteiger partial charge in [0, 0.05) is 31.7 Å². The number of morpholine rings is 1. The van der Waals surface area contributed by atoms with E-state index in [-0.39, 0.29) is 42.7 Å². The molecule has 0 aromatic rings. The lowest BCUT2D eigenvalue weighted by atomic mass is 9.84. The SMILES string of the molecule is CC(C)C(CNC(=O)C1C2CCC(C2)C1N)N1CCOCC1.Cl.Cl. The number of carbonyl (C=O) groups is 1. The second-order valence-electron chi connectivity index (χ2n) is 7.64. The molecule has 1 aliphatic heterocycles. The van der Waals surface area contributed by atoms with Crippen LogP contribution in [-0.4, -0.2) is 55.7 Å². The highest BCUT2D eigenvalue weighted by Crippen LogP contribution is 2.47. The summed E-state index contributed by atoms with van der Waals surface area (Å²) in [6.45, 7) is 8.73. The van der Waals surface area contributed by atoms with Crippen molar-refractivity contribution in [1.29, 1.82) is 0 Å². The molecule has 0 aromatic heterocycles. The number of nitrogens with zero attached hydrogens (tertiary/aromatic N) is 1. The van der Waals surface area contributed by atoms with Crippen LogP contribution in [0.15, 0.2) is 0 Å². The van der Waals surface area contributed by atoms with Gasteiger partial charge in [-0.2, -0.15) is 0 Å². The molecule has 24 heavy (non-hydrogen) atoms. The van der Waals surface area contributed by atoms with E-state index in [1.54, 1.807) is 0 Å². The molecular formula is C17H33Cl2N3O2. The number of rotatable bonds is 5. The van der Waals surface area contributed by atoms with Crippen LogP contribution in [0.3, 0.4) is 0 Å². The molecule has 3 rings (SSSR count). The van der Waals surface area contributed by atoms with E-state index in [1.807, 2.05) is 0 Å². The summed E-state index contributed by atoms with van der Waals surface area (Å²) in [5.41, 5.74) is 6.29. The fourth-order valence-electron chi connectivity index (χ4n) is 4.74. The summed E-state index contributed by atoms with van der Waals surface area (Å²) in [5.74, 6) is 1.88. The predicted octanol–water partition coefficient (Wildman–Crippen LogP) is 1.68. The summed E-state index contributed by atoms with van der Waals surface area (Å²) >= 11 is 0. The number of nitrogens with one attached hydrogen (secondary N) is 1. The number of fused-ring (bicyclic) bond motifs is 2. The third-order valence-corrected chi connectivity index (χ3v) is 6.05. The van der Waals surface area contributed by atoms with E-state index in [9.17, 15) is 4.79 Å². The Morgan fingerprint density at radius 2 is 1.83 bits per heavy atom. The molecule has 5 nitrogen and oxygen atoms in total. The first-order valence-corrected chi connectivity index (χ1v) is 8.93. The molecule has 142 valence electrons. The fraction of sp³-hybridized carbons (Fsp3) is 0.941. The van der Waals surface area contributed by atoms with Crippen LogP contribution in [0.25, 0.3) is 0 Å². The predicted molar refractivity (Wildman–Crippen MR) is 101 cm³/mol. The van der Waals surface area contributed by atoms with Crippen LogP contribution in [0.2, 0.25) is 0 Å². The Hall–Kier alpha value is -0.0700. The Bertz CT molecular complexity index is 403. The second-order valence-corrected chi connectivity index (χ2v) is 7.64. The fourth-order valence-corrected chi connectivity index (χ4v) is 4.74. The van der Waals surface area contributed by atoms with Crippen LogP contribution in [0.1, 0.15) is 33.1 Å². The van der Waals surface area contributed by atoms with Crippen LogP contribution in [0, 0.1) is 23.7 Å². The first kappa shape index (κ1) is 22.0. The normalized spacial score (nSPS) is 33.7. The van der Waals surface area contributed by atoms with Crippen molar-refractivity contribution in [3.63, 3.8) is 0 Å². The molecule has 3 aliphatic rings. The quantitative estimate of drug-likeness (QED) is 0.759. The van der Waals surface area contributed by atoms with Gasteiger partial charge in [-0.15, -0.1) is 24.8 Å². The molecule has 1 saturated heterocycles. The molecule has 2 aliphatic carbocycles. The molecule has 5 atom stereocenters. The monoisotopic (exact) mass is 381 g/mol. The largest absolute Gasteiger partial charge is 0.379 e. The van der Waals surface area contributed by atoms with Crippen molar-refractivity contribution in [1.82, 2.24) is 10.2 Å². The number of hydrogen-bond donors (Lipinski definition) is 2. The Kier molecular flexibility index (Phi) is 8.77. The lowest BCUT2D eigenvalue weighted by Crippen LogP contribution is -2.53. The smallest absolute Gasteiger partial charge is 0.225 e. The van der Waals surface area contributed by atoms with Crippen LogP contribution < -0.4 is 11.1 Å². The summed E-state index contributed by atoms with van der Waals surface area (Å²) in [5, 5.41) is 3.22. The van der Waals surface area contributed by atoms with Crippen LogP contribution in [0.5, 0.6) is 0 Å². The molecule has 3 N–H and O–H groups in total. The molecule has 0 radical (unpaired) electrons. The Labute approximate surface area is 158 Å². The number of carbonyl (C=O) groups excluding carboxylic acids is 1. The maximum Gasteiger partial charge on any atom is 0.225 e. The molecule has 2 bridgehead atoms. The van der Waals surface area contributed by atoms with Gasteiger partial charge >= 0.3 is 0 Å². The van der Waals surface area contributed by atoms with Crippen molar-refractivity contribution in [3.8, 4) is 0 Å². The van der Waals surface area contributed by atoms with Crippen LogP contribution >= 0.6 is 24.8 Å². The van der Waals surface area contributed by atoms with E-state index in [0.29, 0.717) is 23.8 Å². The highest BCUT2D eigenvalue weighted by molar-refractivity contribution is 5.85. The van der Waals surface area contributed by atoms with Gasteiger partial charge in [0.15, 0.2) is 0 Å². The third kappa shape index (κ3) is 4.55. The standard InChI is InChI=1S/C17H31N3O2.2ClH/c1-11(2)14(20-5-7-22-8-6-20)10-19-17(21)15-12-3-4-13(9-12)16(15)18;;/h11-16H,3-10,18H2,1-2H3,(H,19,21);2*1H. The van der Waals surface area contributed by atoms with Gasteiger partial charge in [0.2, 0.25) is 5.91 Å². The van der Waals surface area contributed by atoms with Gasteiger partial charge in [-0.05, 0) is 37.0 Å². The van der Waals surface area contributed by atoms with E-state index in [0.717, 1.165) is 39.3 Å². The number of hydrogen-bond acceptors (Lipinski definition) is 4. The van der Waals surface area contributed by atoms with Gasteiger partial charge in [-0.3, -0.25) is 9.69 Å². The van der Waals surface area contributed by atoms with Gasteiger partial charge in [0.25, 0.3) is 0 Å². The number of amides is 1. The Balaban J connectivity index is 0.00000144. The molecule has 0 spiro atoms. The summed E-state index contributed by atoms with van der Waals surface area (Å²) < 4.78 is 5.44. The Morgan fingerprint density at radius 1 is 1.21 bits per heavy atom. The summed E-state index contributed by atoms with van der Waals surface area (Å²) in [6, 6.07) is 0.474. The average Bonchev–Trinajstić information content (AvgIpc) is 3.09. The van der Waals surface area contributed by atoms with Crippen molar-refractivity contribution in [2.75, 3.05) is 32.8 Å². The van der Waals surface area contributed by atoms with Crippen molar-refractivity contribution in [2.45, 2.75) is 45.2 Å². The minimum Gasteiger partial charge on any atom is -0.379 e. The lowest BCUT2D eigenvalue weighted by molar-refractivity contribution is -0.127. The minimum atomic E-state index is 0. The molecule has 1 heterocycles. The highest BCUT2D eigenvalue weighted by Gasteiger charge is 2.49. The molecule has 5 unspecified atom stereocenters. The van der Waals surface area contributed by atoms with E-state index in [2.05, 4.69) is 24.1 Å². The molecule has 0 aromatic carbocycles. The zero-order valence-corrected chi connectivity index (χ0v) is 16.4. The lowest BCUT2D eigenvalue weighted by Gasteiger charge is -2.37. The van der Waals surface area contributed by atoms with Gasteiger partial charge in [-0.25, -0.2) is 0 Å². The highest BCUT2D eigenvalue weighted by atomic mass is 35.5. The third-order valence-electron chi connectivity index (χ3n) is 6.05. The van der Waals surface area contributed by atoms with E-state index >= 15 is 0 Å². The zero-order valence-electron chi connectivity index (χ0n) is 14.8. The van der Waals surface area contributed by atoms with Crippen molar-refractivity contribution in [3.05, 3.63) is 0 Å². The average molecular weight is 382 g/mol. The minimum absolute atomic E-state index is 0. The second kappa shape index (κ2) is 9.58. The van der Waals surface area contributed by atoms with Crippen LogP contribution in [-0.2, 0) is 9.53 Å². The van der Waals surface area contributed by atoms with E-state index < -0.39 is 0 Å². The van der Waals surface area contributed by atoms with Crippen LogP contribution in [0.4, 0.5) is 0 Å². The van der Waals surface area contributed by atoms with Gasteiger partial charge in [0.1, 0.15) is 0 Å². The summed E-state index contributed by atoms with van der Waals surface area (Å²) in [6.07, 6.45) is 3.57. The molecule has 3 fully saturated rings. The number of halogens is 2.